The van der Waals surface area contributed by atoms with E-state index in [-0.39, 0.29) is 5.92 Å². The van der Waals surface area contributed by atoms with Crippen LogP contribution in [0.4, 0.5) is 4.79 Å². The number of ether oxygens (including phenoxy) is 2. The van der Waals surface area contributed by atoms with Crippen molar-refractivity contribution < 1.29 is 19.1 Å². The summed E-state index contributed by atoms with van der Waals surface area (Å²) in [4.78, 5) is 24.6. The summed E-state index contributed by atoms with van der Waals surface area (Å²) in [6.07, 6.45) is 5.00. The maximum atomic E-state index is 12.5. The minimum atomic E-state index is -0.809. The summed E-state index contributed by atoms with van der Waals surface area (Å²) in [6.45, 7) is 5.37. The molecule has 2 aliphatic rings. The number of fused-ring (bicyclic) bond motifs is 1. The molecule has 0 saturated carbocycles. The number of hydrogen-bond acceptors (Lipinski definition) is 4. The van der Waals surface area contributed by atoms with Gasteiger partial charge in [0.05, 0.1) is 0 Å². The van der Waals surface area contributed by atoms with Crippen LogP contribution in [0.2, 0.25) is 0 Å². The van der Waals surface area contributed by atoms with Gasteiger partial charge in [-0.25, -0.2) is 9.59 Å². The number of amides is 1. The van der Waals surface area contributed by atoms with Gasteiger partial charge in [0.2, 0.25) is 0 Å². The van der Waals surface area contributed by atoms with Crippen LogP contribution in [0.3, 0.4) is 0 Å². The third kappa shape index (κ3) is 3.03. The number of benzene rings is 1. The van der Waals surface area contributed by atoms with E-state index >= 15 is 0 Å². The van der Waals surface area contributed by atoms with Gasteiger partial charge >= 0.3 is 12.1 Å². The molecule has 3 atom stereocenters. The Bertz CT molecular complexity index is 662. The highest BCUT2D eigenvalue weighted by Gasteiger charge is 2.56. The van der Waals surface area contributed by atoms with Crippen LogP contribution >= 0.6 is 0 Å². The number of alkyl carbamates (subject to hydrolysis) is 1. The van der Waals surface area contributed by atoms with Gasteiger partial charge in [-0.3, -0.25) is 0 Å². The average Bonchev–Trinajstić information content (AvgIpc) is 2.80. The fourth-order valence-electron chi connectivity index (χ4n) is 3.45. The largest absolute Gasteiger partial charge is 0.448 e. The molecule has 0 aromatic heterocycles. The molecular weight excluding hydrogens is 306 g/mol. The highest BCUT2D eigenvalue weighted by atomic mass is 16.6. The molecule has 0 bridgehead atoms. The minimum absolute atomic E-state index is 0.148. The zero-order chi connectivity index (χ0) is 17.4. The van der Waals surface area contributed by atoms with Gasteiger partial charge in [-0.1, -0.05) is 36.4 Å². The van der Waals surface area contributed by atoms with Crippen LogP contribution in [0.25, 0.3) is 0 Å². The van der Waals surface area contributed by atoms with Gasteiger partial charge < -0.3 is 14.8 Å². The fraction of sp³-hybridized carbons (Fsp3) is 0.474. The predicted molar refractivity (Wildman–Crippen MR) is 89.2 cm³/mol. The van der Waals surface area contributed by atoms with Crippen LogP contribution in [0, 0.1) is 5.92 Å². The summed E-state index contributed by atoms with van der Waals surface area (Å²) in [5.74, 6) is -0.564. The molecule has 1 saturated heterocycles. The number of allylic oxidation sites excluding steroid dienone is 1. The molecule has 1 aliphatic heterocycles. The van der Waals surface area contributed by atoms with E-state index in [1.807, 2.05) is 42.5 Å². The second kappa shape index (κ2) is 5.96. The number of carbonyl (C=O) groups is 2. The molecule has 0 spiro atoms. The van der Waals surface area contributed by atoms with Crippen LogP contribution in [0.15, 0.2) is 42.5 Å². The zero-order valence-electron chi connectivity index (χ0n) is 14.2. The molecule has 3 rings (SSSR count). The van der Waals surface area contributed by atoms with E-state index in [9.17, 15) is 9.59 Å². The summed E-state index contributed by atoms with van der Waals surface area (Å²) in [5, 5.41) is 2.71. The van der Waals surface area contributed by atoms with Crippen LogP contribution in [-0.2, 0) is 19.9 Å². The SMILES string of the molecule is CC(C)(C)OC(=O)N[C@@H]1C(=O)O[C@@]2(c3ccccc3)C=CCC[C@@H]12. The zero-order valence-corrected chi connectivity index (χ0v) is 14.2. The Labute approximate surface area is 142 Å². The van der Waals surface area contributed by atoms with Crippen molar-refractivity contribution in [2.75, 3.05) is 0 Å². The van der Waals surface area contributed by atoms with Crippen LogP contribution in [0.1, 0.15) is 39.2 Å². The maximum absolute atomic E-state index is 12.5. The normalized spacial score (nSPS) is 28.9. The molecule has 0 radical (unpaired) electrons. The Kier molecular flexibility index (Phi) is 4.11. The van der Waals surface area contributed by atoms with Crippen molar-refractivity contribution in [3.63, 3.8) is 0 Å². The molecule has 24 heavy (non-hydrogen) atoms. The van der Waals surface area contributed by atoms with Crippen molar-refractivity contribution in [2.45, 2.75) is 50.9 Å². The number of esters is 1. The summed E-state index contributed by atoms with van der Waals surface area (Å²) in [7, 11) is 0. The lowest BCUT2D eigenvalue weighted by molar-refractivity contribution is -0.147. The van der Waals surface area contributed by atoms with E-state index in [2.05, 4.69) is 5.32 Å². The second-order valence-corrected chi connectivity index (χ2v) is 7.29. The van der Waals surface area contributed by atoms with E-state index < -0.39 is 29.3 Å². The van der Waals surface area contributed by atoms with Gasteiger partial charge in [-0.2, -0.15) is 0 Å². The quantitative estimate of drug-likeness (QED) is 0.668. The number of carbonyl (C=O) groups excluding carboxylic acids is 2. The first-order valence-corrected chi connectivity index (χ1v) is 8.27. The van der Waals surface area contributed by atoms with E-state index in [1.54, 1.807) is 20.8 Å². The van der Waals surface area contributed by atoms with Crippen molar-refractivity contribution in [1.82, 2.24) is 5.32 Å². The topological polar surface area (TPSA) is 64.6 Å². The summed E-state index contributed by atoms with van der Waals surface area (Å²) in [6, 6.07) is 8.97. The minimum Gasteiger partial charge on any atom is -0.448 e. The van der Waals surface area contributed by atoms with Gasteiger partial charge in [0, 0.05) is 5.92 Å². The summed E-state index contributed by atoms with van der Waals surface area (Å²) in [5.41, 5.74) is -0.501. The van der Waals surface area contributed by atoms with Crippen molar-refractivity contribution in [3.8, 4) is 0 Å². The van der Waals surface area contributed by atoms with Crippen LogP contribution in [-0.4, -0.2) is 23.7 Å². The van der Waals surface area contributed by atoms with Crippen LogP contribution < -0.4 is 5.32 Å². The Morgan fingerprint density at radius 2 is 2.00 bits per heavy atom. The highest BCUT2D eigenvalue weighted by molar-refractivity contribution is 5.85. The predicted octanol–water partition coefficient (Wildman–Crippen LogP) is 3.30. The standard InChI is InChI=1S/C19H23NO4/c1-18(2,3)24-17(22)20-15-14-11-7-8-12-19(14,23-16(15)21)13-9-5-4-6-10-13/h4-6,8-10,12,14-15H,7,11H2,1-3H3,(H,20,22)/t14-,15-,19+/m0/s1. The van der Waals surface area contributed by atoms with Crippen molar-refractivity contribution in [1.29, 1.82) is 0 Å². The first-order valence-electron chi connectivity index (χ1n) is 8.27. The van der Waals surface area contributed by atoms with Crippen molar-refractivity contribution >= 4 is 12.1 Å². The monoisotopic (exact) mass is 329 g/mol. The number of nitrogens with one attached hydrogen (secondary N) is 1. The molecule has 1 aromatic carbocycles. The third-order valence-electron chi connectivity index (χ3n) is 4.38. The Hall–Kier alpha value is -2.30. The molecule has 5 nitrogen and oxygen atoms in total. The number of hydrogen-bond donors (Lipinski definition) is 1. The Morgan fingerprint density at radius 1 is 1.29 bits per heavy atom. The highest BCUT2D eigenvalue weighted by Crippen LogP contribution is 2.47. The average molecular weight is 329 g/mol. The molecule has 1 amide bonds. The maximum Gasteiger partial charge on any atom is 0.408 e. The smallest absolute Gasteiger partial charge is 0.408 e. The van der Waals surface area contributed by atoms with E-state index in [1.165, 1.54) is 0 Å². The molecule has 1 aromatic rings. The van der Waals surface area contributed by atoms with Gasteiger partial charge in [0.15, 0.2) is 5.60 Å². The van der Waals surface area contributed by atoms with E-state index in [4.69, 9.17) is 9.47 Å². The lowest BCUT2D eigenvalue weighted by Crippen LogP contribution is -2.47. The first kappa shape index (κ1) is 16.6. The number of rotatable bonds is 2. The molecule has 5 heteroatoms. The second-order valence-electron chi connectivity index (χ2n) is 7.29. The fourth-order valence-corrected chi connectivity index (χ4v) is 3.45. The summed E-state index contributed by atoms with van der Waals surface area (Å²) >= 11 is 0. The van der Waals surface area contributed by atoms with Crippen molar-refractivity contribution in [2.24, 2.45) is 5.92 Å². The lowest BCUT2D eigenvalue weighted by atomic mass is 9.74. The molecule has 1 aliphatic carbocycles. The van der Waals surface area contributed by atoms with Gasteiger partial charge in [0.25, 0.3) is 0 Å². The Morgan fingerprint density at radius 3 is 2.67 bits per heavy atom. The lowest BCUT2D eigenvalue weighted by Gasteiger charge is -2.35. The third-order valence-corrected chi connectivity index (χ3v) is 4.38. The molecule has 0 unspecified atom stereocenters. The molecular formula is C19H23NO4. The van der Waals surface area contributed by atoms with Crippen LogP contribution in [0.5, 0.6) is 0 Å². The van der Waals surface area contributed by atoms with Gasteiger partial charge in [-0.05, 0) is 45.3 Å². The van der Waals surface area contributed by atoms with Gasteiger partial charge in [-0.15, -0.1) is 0 Å². The van der Waals surface area contributed by atoms with E-state index in [0.29, 0.717) is 0 Å². The molecule has 1 N–H and O–H groups in total. The van der Waals surface area contributed by atoms with Gasteiger partial charge in [0.1, 0.15) is 11.6 Å². The van der Waals surface area contributed by atoms with Crippen molar-refractivity contribution in [3.05, 3.63) is 48.0 Å². The molecule has 128 valence electrons. The summed E-state index contributed by atoms with van der Waals surface area (Å²) < 4.78 is 11.1. The first-order chi connectivity index (χ1) is 11.3. The molecule has 1 fully saturated rings. The Balaban J connectivity index is 1.87. The van der Waals surface area contributed by atoms with E-state index in [0.717, 1.165) is 18.4 Å². The molecule has 1 heterocycles.